The van der Waals surface area contributed by atoms with Crippen molar-refractivity contribution in [2.75, 3.05) is 0 Å². The van der Waals surface area contributed by atoms with Gasteiger partial charge in [0.1, 0.15) is 12.4 Å². The van der Waals surface area contributed by atoms with Gasteiger partial charge in [-0.1, -0.05) is 17.2 Å². The third kappa shape index (κ3) is 5.47. The van der Waals surface area contributed by atoms with E-state index in [4.69, 9.17) is 16.3 Å². The van der Waals surface area contributed by atoms with Crippen LogP contribution >= 0.6 is 25.2 Å². The van der Waals surface area contributed by atoms with E-state index >= 15 is 0 Å². The Kier molecular flexibility index (Phi) is 7.49. The van der Waals surface area contributed by atoms with Crippen molar-refractivity contribution in [3.05, 3.63) is 64.9 Å². The molecule has 2 aromatic carbocycles. The molecule has 18 heavy (non-hydrogen) atoms. The molecule has 5 heteroatoms. The first-order valence-corrected chi connectivity index (χ1v) is 12.4. The molecule has 0 atom stereocenters. The molecule has 0 saturated carbocycles. The summed E-state index contributed by atoms with van der Waals surface area (Å²) in [6, 6.07) is 14.2. The van der Waals surface area contributed by atoms with Crippen molar-refractivity contribution in [1.29, 1.82) is 0 Å². The summed E-state index contributed by atoms with van der Waals surface area (Å²) < 4.78 is 18.3. The summed E-state index contributed by atoms with van der Waals surface area (Å²) in [5.41, 5.74) is 0.781. The van der Waals surface area contributed by atoms with Crippen LogP contribution in [0.2, 0.25) is 5.02 Å². The van der Waals surface area contributed by atoms with Crippen molar-refractivity contribution in [3.63, 3.8) is 0 Å². The van der Waals surface area contributed by atoms with Crippen LogP contribution in [0.5, 0.6) is 5.75 Å². The number of benzene rings is 2. The van der Waals surface area contributed by atoms with Gasteiger partial charge in [0, 0.05) is 5.75 Å². The van der Waals surface area contributed by atoms with E-state index in [1.807, 2.05) is 0 Å². The van der Waals surface area contributed by atoms with Gasteiger partial charge < -0.3 is 4.74 Å². The van der Waals surface area contributed by atoms with E-state index in [0.29, 0.717) is 17.4 Å². The average molecular weight is 381 g/mol. The molecule has 0 amide bonds. The number of hydrogen-bond acceptors (Lipinski definition) is 1. The standard InChI is InChI=1S/C13H9ClFO.BrH.Zn/c14-11-4-6-13(7-5-11)16-9-10-2-1-3-12(15)8-10;;/h1-6,8H,9H2;1H;/q-1;;+2/p-1. The summed E-state index contributed by atoms with van der Waals surface area (Å²) in [6.45, 7) is 0.315. The van der Waals surface area contributed by atoms with Crippen molar-refractivity contribution in [2.24, 2.45) is 0 Å². The molecule has 2 aromatic rings. The molecule has 0 heterocycles. The van der Waals surface area contributed by atoms with Crippen molar-refractivity contribution < 1.29 is 25.5 Å². The molecule has 0 saturated heterocycles. The quantitative estimate of drug-likeness (QED) is 0.554. The topological polar surface area (TPSA) is 9.23 Å². The predicted molar refractivity (Wildman–Crippen MR) is 69.9 cm³/mol. The monoisotopic (exact) mass is 378 g/mol. The molecule has 0 fully saturated rings. The summed E-state index contributed by atoms with van der Waals surface area (Å²) in [7, 11) is 0. The van der Waals surface area contributed by atoms with Gasteiger partial charge in [-0.25, -0.2) is 4.39 Å². The van der Waals surface area contributed by atoms with Gasteiger partial charge in [0.25, 0.3) is 0 Å². The van der Waals surface area contributed by atoms with Crippen LogP contribution in [-0.4, -0.2) is 0 Å². The maximum atomic E-state index is 12.9. The Morgan fingerprint density at radius 3 is 2.67 bits per heavy atom. The Labute approximate surface area is 127 Å². The fraction of sp³-hybridized carbons (Fsp3) is 0.0769. The SMILES string of the molecule is Fc1cccc(COc2[c-]cc(Cl)cc2)c1.[Zn+][Br]. The molecule has 0 bridgehead atoms. The maximum absolute atomic E-state index is 12.9. The zero-order valence-corrected chi connectivity index (χ0v) is 14.8. The zero-order chi connectivity index (χ0) is 13.4. The van der Waals surface area contributed by atoms with E-state index in [0.717, 1.165) is 5.56 Å². The number of rotatable bonds is 3. The molecule has 90 valence electrons. The second kappa shape index (κ2) is 8.63. The third-order valence-corrected chi connectivity index (χ3v) is 2.26. The van der Waals surface area contributed by atoms with Gasteiger partial charge in [0.15, 0.2) is 0 Å². The van der Waals surface area contributed by atoms with Gasteiger partial charge in [-0.15, -0.1) is 12.1 Å². The predicted octanol–water partition coefficient (Wildman–Crippen LogP) is 4.70. The van der Waals surface area contributed by atoms with Crippen LogP contribution in [0.1, 0.15) is 5.56 Å². The summed E-state index contributed by atoms with van der Waals surface area (Å²) in [5, 5.41) is 0.609. The zero-order valence-electron chi connectivity index (χ0n) is 9.50. The first kappa shape index (κ1) is 15.6. The van der Waals surface area contributed by atoms with Crippen LogP contribution in [0, 0.1) is 11.9 Å². The van der Waals surface area contributed by atoms with Crippen LogP contribution in [0.25, 0.3) is 0 Å². The molecule has 0 unspecified atom stereocenters. The Bertz CT molecular complexity index is 479. The molecular weight excluding hydrogens is 372 g/mol. The fourth-order valence-electron chi connectivity index (χ4n) is 1.27. The van der Waals surface area contributed by atoms with E-state index in [9.17, 15) is 4.39 Å². The van der Waals surface area contributed by atoms with E-state index in [-0.39, 0.29) is 5.82 Å². The number of halogens is 3. The summed E-state index contributed by atoms with van der Waals surface area (Å²) in [4.78, 5) is 0. The van der Waals surface area contributed by atoms with E-state index < -0.39 is 0 Å². The summed E-state index contributed by atoms with van der Waals surface area (Å²) >= 11 is 9.96. The van der Waals surface area contributed by atoms with Crippen molar-refractivity contribution in [3.8, 4) is 5.75 Å². The Balaban J connectivity index is 0.000000771. The first-order valence-electron chi connectivity index (χ1n) is 5.05. The van der Waals surface area contributed by atoms with E-state index in [2.05, 4.69) is 19.7 Å². The third-order valence-electron chi connectivity index (χ3n) is 2.03. The van der Waals surface area contributed by atoms with Crippen LogP contribution in [0.15, 0.2) is 42.5 Å². The molecule has 0 N–H and O–H groups in total. The number of hydrogen-bond donors (Lipinski definition) is 0. The van der Waals surface area contributed by atoms with Crippen LogP contribution in [0.4, 0.5) is 4.39 Å². The van der Waals surface area contributed by atoms with Crippen LogP contribution < -0.4 is 4.74 Å². The van der Waals surface area contributed by atoms with Crippen molar-refractivity contribution in [2.45, 2.75) is 6.61 Å². The molecular formula is C13H9BrClFOZn. The number of ether oxygens (including phenoxy) is 1. The molecule has 2 rings (SSSR count). The van der Waals surface area contributed by atoms with Crippen LogP contribution in [0.3, 0.4) is 0 Å². The normalized spacial score (nSPS) is 9.39. The Morgan fingerprint density at radius 1 is 1.28 bits per heavy atom. The fourth-order valence-corrected chi connectivity index (χ4v) is 1.39. The van der Waals surface area contributed by atoms with Gasteiger partial charge in [-0.05, 0) is 17.7 Å². The second-order valence-corrected chi connectivity index (χ2v) is 3.73. The molecule has 0 aromatic heterocycles. The Morgan fingerprint density at radius 2 is 2.06 bits per heavy atom. The van der Waals surface area contributed by atoms with Crippen molar-refractivity contribution >= 4 is 25.2 Å². The van der Waals surface area contributed by atoms with Gasteiger partial charge in [0.05, 0.1) is 0 Å². The molecule has 0 aliphatic rings. The average Bonchev–Trinajstić information content (AvgIpc) is 2.41. The van der Waals surface area contributed by atoms with E-state index in [1.54, 1.807) is 30.3 Å². The minimum absolute atomic E-state index is 0.263. The second-order valence-electron chi connectivity index (χ2n) is 3.29. The van der Waals surface area contributed by atoms with Gasteiger partial charge in [-0.3, -0.25) is 0 Å². The van der Waals surface area contributed by atoms with Gasteiger partial charge >= 0.3 is 30.0 Å². The molecule has 0 aliphatic carbocycles. The summed E-state index contributed by atoms with van der Waals surface area (Å²) in [6.07, 6.45) is 0. The molecule has 1 nitrogen and oxygen atoms in total. The van der Waals surface area contributed by atoms with Crippen LogP contribution in [-0.2, 0) is 22.9 Å². The van der Waals surface area contributed by atoms with Crippen molar-refractivity contribution in [1.82, 2.24) is 0 Å². The Hall–Kier alpha value is -0.437. The van der Waals surface area contributed by atoms with Gasteiger partial charge in [-0.2, -0.15) is 23.7 Å². The van der Waals surface area contributed by atoms with E-state index in [1.165, 1.54) is 28.5 Å². The van der Waals surface area contributed by atoms with Gasteiger partial charge in [0.2, 0.25) is 0 Å². The molecule has 0 radical (unpaired) electrons. The first-order chi connectivity index (χ1) is 8.74. The summed E-state index contributed by atoms with van der Waals surface area (Å²) in [5.74, 6) is 0.329. The molecule has 0 spiro atoms. The molecule has 0 aliphatic heterocycles. The minimum atomic E-state index is -0.263.